The molecule has 1 saturated heterocycles. The Bertz CT molecular complexity index is 1090. The molecular formula is C24H21N3O2S. The van der Waals surface area contributed by atoms with Gasteiger partial charge in [-0.2, -0.15) is 0 Å². The molecule has 2 heterocycles. The van der Waals surface area contributed by atoms with Crippen LogP contribution in [0, 0.1) is 6.92 Å². The van der Waals surface area contributed by atoms with E-state index in [1.54, 1.807) is 24.3 Å². The summed E-state index contributed by atoms with van der Waals surface area (Å²) in [5.41, 5.74) is 4.01. The van der Waals surface area contributed by atoms with E-state index in [0.717, 1.165) is 22.6 Å². The third kappa shape index (κ3) is 4.78. The summed E-state index contributed by atoms with van der Waals surface area (Å²) < 4.78 is 5.85. The Morgan fingerprint density at radius 1 is 1.10 bits per heavy atom. The molecule has 2 aromatic carbocycles. The molecule has 0 unspecified atom stereocenters. The number of aromatic nitrogens is 1. The van der Waals surface area contributed by atoms with Gasteiger partial charge in [-0.1, -0.05) is 42.0 Å². The fraction of sp³-hybridized carbons (Fsp3) is 0.125. The predicted molar refractivity (Wildman–Crippen MR) is 122 cm³/mol. The monoisotopic (exact) mass is 415 g/mol. The van der Waals surface area contributed by atoms with Crippen molar-refractivity contribution >= 4 is 34.6 Å². The lowest BCUT2D eigenvalue weighted by atomic mass is 10.1. The number of amides is 1. The van der Waals surface area contributed by atoms with Gasteiger partial charge in [0.15, 0.2) is 5.17 Å². The van der Waals surface area contributed by atoms with Crippen molar-refractivity contribution in [2.45, 2.75) is 13.5 Å². The van der Waals surface area contributed by atoms with Crippen LogP contribution in [0.25, 0.3) is 6.08 Å². The molecule has 1 amide bonds. The standard InChI is InChI=1S/C24H21N3O2S/c1-17-5-7-19(8-6-17)16-29-21-11-9-18(10-12-21)14-22-23(28)27(2)24(30-22)26-20-4-3-13-25-15-20/h3-15H,16H2,1-2H3/b22-14-,26-24?. The van der Waals surface area contributed by atoms with Gasteiger partial charge in [0.25, 0.3) is 5.91 Å². The van der Waals surface area contributed by atoms with E-state index >= 15 is 0 Å². The maximum Gasteiger partial charge on any atom is 0.266 e. The number of likely N-dealkylation sites (N-methyl/N-ethyl adjacent to an activating group) is 1. The highest BCUT2D eigenvalue weighted by molar-refractivity contribution is 8.18. The van der Waals surface area contributed by atoms with Gasteiger partial charge in [-0.25, -0.2) is 4.99 Å². The Morgan fingerprint density at radius 3 is 2.57 bits per heavy atom. The average molecular weight is 416 g/mol. The number of nitrogens with zero attached hydrogens (tertiary/aromatic N) is 3. The van der Waals surface area contributed by atoms with E-state index in [9.17, 15) is 4.79 Å². The number of hydrogen-bond donors (Lipinski definition) is 0. The molecule has 0 spiro atoms. The Balaban J connectivity index is 1.43. The highest BCUT2D eigenvalue weighted by Gasteiger charge is 2.30. The zero-order chi connectivity index (χ0) is 20.9. The van der Waals surface area contributed by atoms with Gasteiger partial charge in [0.1, 0.15) is 12.4 Å². The van der Waals surface area contributed by atoms with Crippen LogP contribution in [0.2, 0.25) is 0 Å². The van der Waals surface area contributed by atoms with E-state index in [0.29, 0.717) is 16.7 Å². The van der Waals surface area contributed by atoms with Gasteiger partial charge in [-0.15, -0.1) is 0 Å². The number of aryl methyl sites for hydroxylation is 1. The molecule has 4 rings (SSSR count). The zero-order valence-electron chi connectivity index (χ0n) is 16.8. The SMILES string of the molecule is Cc1ccc(COc2ccc(/C=C3\SC(=Nc4cccnc4)N(C)C3=O)cc2)cc1. The van der Waals surface area contributed by atoms with Gasteiger partial charge in [-0.05, 0) is 60.2 Å². The molecule has 0 aliphatic carbocycles. The summed E-state index contributed by atoms with van der Waals surface area (Å²) in [7, 11) is 1.73. The lowest BCUT2D eigenvalue weighted by molar-refractivity contribution is -0.121. The van der Waals surface area contributed by atoms with Crippen LogP contribution in [0.3, 0.4) is 0 Å². The van der Waals surface area contributed by atoms with Crippen molar-refractivity contribution < 1.29 is 9.53 Å². The fourth-order valence-corrected chi connectivity index (χ4v) is 3.83. The first-order valence-electron chi connectivity index (χ1n) is 9.53. The smallest absolute Gasteiger partial charge is 0.266 e. The van der Waals surface area contributed by atoms with Gasteiger partial charge in [0.05, 0.1) is 16.8 Å². The number of pyridine rings is 1. The third-order valence-corrected chi connectivity index (χ3v) is 5.64. The quantitative estimate of drug-likeness (QED) is 0.537. The minimum atomic E-state index is -0.0673. The fourth-order valence-electron chi connectivity index (χ4n) is 2.84. The molecule has 0 radical (unpaired) electrons. The summed E-state index contributed by atoms with van der Waals surface area (Å²) in [5, 5.41) is 0.636. The second-order valence-corrected chi connectivity index (χ2v) is 7.93. The van der Waals surface area contributed by atoms with Crippen molar-refractivity contribution in [3.05, 3.63) is 94.7 Å². The first-order valence-corrected chi connectivity index (χ1v) is 10.3. The first kappa shape index (κ1) is 19.9. The number of aliphatic imine (C=N–C) groups is 1. The number of carbonyl (C=O) groups is 1. The predicted octanol–water partition coefficient (Wildman–Crippen LogP) is 5.20. The molecule has 6 heteroatoms. The van der Waals surface area contributed by atoms with Crippen LogP contribution < -0.4 is 4.74 Å². The lowest BCUT2D eigenvalue weighted by Gasteiger charge is -2.07. The zero-order valence-corrected chi connectivity index (χ0v) is 17.6. The molecule has 150 valence electrons. The van der Waals surface area contributed by atoms with Crippen LogP contribution in [0.5, 0.6) is 5.75 Å². The molecular weight excluding hydrogens is 394 g/mol. The Labute approximate surface area is 180 Å². The first-order chi connectivity index (χ1) is 14.6. The van der Waals surface area contributed by atoms with Crippen LogP contribution in [0.15, 0.2) is 83.0 Å². The third-order valence-electron chi connectivity index (χ3n) is 4.58. The van der Waals surface area contributed by atoms with E-state index in [1.807, 2.05) is 42.5 Å². The molecule has 30 heavy (non-hydrogen) atoms. The summed E-state index contributed by atoms with van der Waals surface area (Å²) in [5.74, 6) is 0.724. The molecule has 0 atom stereocenters. The van der Waals surface area contributed by atoms with Gasteiger partial charge in [-0.3, -0.25) is 14.7 Å². The maximum atomic E-state index is 12.6. The van der Waals surface area contributed by atoms with Crippen molar-refractivity contribution in [1.29, 1.82) is 0 Å². The number of amidine groups is 1. The molecule has 0 bridgehead atoms. The van der Waals surface area contributed by atoms with Gasteiger partial charge in [0, 0.05) is 13.2 Å². The van der Waals surface area contributed by atoms with Crippen LogP contribution in [-0.4, -0.2) is 28.0 Å². The minimum Gasteiger partial charge on any atom is -0.489 e. The van der Waals surface area contributed by atoms with Crippen molar-refractivity contribution in [3.63, 3.8) is 0 Å². The highest BCUT2D eigenvalue weighted by Crippen LogP contribution is 2.33. The summed E-state index contributed by atoms with van der Waals surface area (Å²) in [6, 6.07) is 19.7. The maximum absolute atomic E-state index is 12.6. The Hall–Kier alpha value is -3.38. The van der Waals surface area contributed by atoms with E-state index in [2.05, 4.69) is 41.2 Å². The summed E-state index contributed by atoms with van der Waals surface area (Å²) >= 11 is 1.36. The van der Waals surface area contributed by atoms with E-state index in [1.165, 1.54) is 17.3 Å². The number of carbonyl (C=O) groups excluding carboxylic acids is 1. The number of ether oxygens (including phenoxy) is 1. The number of thioether (sulfide) groups is 1. The summed E-state index contributed by atoms with van der Waals surface area (Å²) in [6.45, 7) is 2.59. The molecule has 1 aliphatic heterocycles. The second-order valence-electron chi connectivity index (χ2n) is 6.92. The molecule has 5 nitrogen and oxygen atoms in total. The van der Waals surface area contributed by atoms with Gasteiger partial charge >= 0.3 is 0 Å². The van der Waals surface area contributed by atoms with Crippen molar-refractivity contribution in [3.8, 4) is 5.75 Å². The molecule has 1 aliphatic rings. The molecule has 1 fully saturated rings. The second kappa shape index (κ2) is 8.97. The lowest BCUT2D eigenvalue weighted by Crippen LogP contribution is -2.23. The van der Waals surface area contributed by atoms with E-state index in [4.69, 9.17) is 4.74 Å². The number of hydrogen-bond acceptors (Lipinski definition) is 5. The van der Waals surface area contributed by atoms with Crippen molar-refractivity contribution in [2.75, 3.05) is 7.05 Å². The number of rotatable bonds is 5. The number of benzene rings is 2. The van der Waals surface area contributed by atoms with E-state index in [-0.39, 0.29) is 5.91 Å². The topological polar surface area (TPSA) is 54.8 Å². The molecule has 1 aromatic heterocycles. The van der Waals surface area contributed by atoms with Crippen molar-refractivity contribution in [2.24, 2.45) is 4.99 Å². The molecule has 0 N–H and O–H groups in total. The summed E-state index contributed by atoms with van der Waals surface area (Å²) in [4.78, 5) is 23.3. The van der Waals surface area contributed by atoms with Gasteiger partial charge in [0.2, 0.25) is 0 Å². The Morgan fingerprint density at radius 2 is 1.87 bits per heavy atom. The van der Waals surface area contributed by atoms with E-state index < -0.39 is 0 Å². The largest absolute Gasteiger partial charge is 0.489 e. The minimum absolute atomic E-state index is 0.0673. The Kier molecular flexibility index (Phi) is 5.95. The highest BCUT2D eigenvalue weighted by atomic mass is 32.2. The average Bonchev–Trinajstić information content (AvgIpc) is 3.03. The van der Waals surface area contributed by atoms with Crippen LogP contribution in [-0.2, 0) is 11.4 Å². The van der Waals surface area contributed by atoms with Crippen molar-refractivity contribution in [1.82, 2.24) is 9.88 Å². The van der Waals surface area contributed by atoms with Crippen LogP contribution in [0.4, 0.5) is 5.69 Å². The van der Waals surface area contributed by atoms with Crippen LogP contribution in [0.1, 0.15) is 16.7 Å². The summed E-state index contributed by atoms with van der Waals surface area (Å²) in [6.07, 6.45) is 5.24. The molecule has 3 aromatic rings. The van der Waals surface area contributed by atoms with Gasteiger partial charge < -0.3 is 4.74 Å². The normalized spacial score (nSPS) is 16.5. The molecule has 0 saturated carbocycles. The van der Waals surface area contributed by atoms with Crippen LogP contribution >= 0.6 is 11.8 Å².